The number of carbonyl (C=O) groups excluding carboxylic acids is 1. The summed E-state index contributed by atoms with van der Waals surface area (Å²) in [5, 5.41) is 20.7. The Morgan fingerprint density at radius 1 is 0.973 bits per heavy atom. The molecule has 0 radical (unpaired) electrons. The molecule has 1 aromatic carbocycles. The molecule has 0 aliphatic carbocycles. The Hall–Kier alpha value is -3.66. The van der Waals surface area contributed by atoms with Gasteiger partial charge in [0.2, 0.25) is 0 Å². The first kappa shape index (κ1) is 23.7. The average Bonchev–Trinajstić information content (AvgIpc) is 3.32. The predicted octanol–water partition coefficient (Wildman–Crippen LogP) is 3.43. The molecule has 2 aliphatic rings. The normalized spacial score (nSPS) is 17.1. The molecule has 1 amide bonds. The average molecular weight is 498 g/mol. The van der Waals surface area contributed by atoms with E-state index >= 15 is 0 Å². The van der Waals surface area contributed by atoms with Gasteiger partial charge in [-0.3, -0.25) is 29.7 Å². The van der Waals surface area contributed by atoms with E-state index in [-0.39, 0.29) is 12.0 Å². The van der Waals surface area contributed by atoms with Gasteiger partial charge in [-0.25, -0.2) is 0 Å². The number of H-pyrrole nitrogens is 1. The molecular weight excluding hydrogens is 466 g/mol. The Kier molecular flexibility index (Phi) is 6.65. The lowest BCUT2D eigenvalue weighted by molar-refractivity contribution is 0.0792. The Labute approximate surface area is 215 Å². The van der Waals surface area contributed by atoms with E-state index < -0.39 is 0 Å². The van der Waals surface area contributed by atoms with Crippen LogP contribution < -0.4 is 5.32 Å². The Morgan fingerprint density at radius 3 is 2.57 bits per heavy atom. The molecule has 0 bridgehead atoms. The van der Waals surface area contributed by atoms with Gasteiger partial charge in [-0.15, -0.1) is 0 Å². The number of nitrogens with zero attached hydrogens (tertiary/aromatic N) is 5. The molecule has 190 valence electrons. The highest BCUT2D eigenvalue weighted by molar-refractivity contribution is 6.11. The third-order valence-electron chi connectivity index (χ3n) is 7.29. The minimum Gasteiger partial charge on any atom is -0.393 e. The number of aromatic amines is 1. The highest BCUT2D eigenvalue weighted by Gasteiger charge is 2.19. The second-order valence-electron chi connectivity index (χ2n) is 10.0. The summed E-state index contributed by atoms with van der Waals surface area (Å²) in [5.41, 5.74) is 5.89. The van der Waals surface area contributed by atoms with E-state index in [1.54, 1.807) is 6.20 Å². The maximum Gasteiger partial charge on any atom is 0.276 e. The molecule has 37 heavy (non-hydrogen) atoms. The van der Waals surface area contributed by atoms with Crippen molar-refractivity contribution < 1.29 is 9.90 Å². The van der Waals surface area contributed by atoms with E-state index in [4.69, 9.17) is 0 Å². The summed E-state index contributed by atoms with van der Waals surface area (Å²) >= 11 is 0. The number of likely N-dealkylation sites (tertiary alicyclic amines) is 2. The van der Waals surface area contributed by atoms with Gasteiger partial charge in [0.15, 0.2) is 5.69 Å². The summed E-state index contributed by atoms with van der Waals surface area (Å²) in [6.45, 7) is 5.68. The van der Waals surface area contributed by atoms with Crippen LogP contribution in [-0.2, 0) is 13.1 Å². The van der Waals surface area contributed by atoms with Crippen LogP contribution in [0.1, 0.15) is 41.0 Å². The number of hydrogen-bond donors (Lipinski definition) is 3. The van der Waals surface area contributed by atoms with Crippen LogP contribution in [0, 0.1) is 0 Å². The fraction of sp³-hybridized carbons (Fsp3) is 0.357. The van der Waals surface area contributed by atoms with Gasteiger partial charge in [0.1, 0.15) is 0 Å². The molecule has 6 rings (SSSR count). The first-order valence-corrected chi connectivity index (χ1v) is 12.9. The molecule has 2 aliphatic heterocycles. The zero-order valence-electron chi connectivity index (χ0n) is 20.7. The van der Waals surface area contributed by atoms with E-state index in [1.807, 2.05) is 42.7 Å². The predicted molar refractivity (Wildman–Crippen MR) is 142 cm³/mol. The van der Waals surface area contributed by atoms with Gasteiger partial charge in [0, 0.05) is 49.5 Å². The Bertz CT molecular complexity index is 1390. The lowest BCUT2D eigenvalue weighted by Gasteiger charge is -2.30. The summed E-state index contributed by atoms with van der Waals surface area (Å²) in [7, 11) is 0. The van der Waals surface area contributed by atoms with Crippen LogP contribution in [0.5, 0.6) is 0 Å². The molecule has 2 fully saturated rings. The second kappa shape index (κ2) is 10.4. The zero-order chi connectivity index (χ0) is 25.2. The molecule has 9 nitrogen and oxygen atoms in total. The van der Waals surface area contributed by atoms with E-state index in [1.165, 1.54) is 6.42 Å². The smallest absolute Gasteiger partial charge is 0.276 e. The van der Waals surface area contributed by atoms with Gasteiger partial charge < -0.3 is 10.4 Å². The van der Waals surface area contributed by atoms with Crippen LogP contribution in [0.3, 0.4) is 0 Å². The molecule has 9 heteroatoms. The Morgan fingerprint density at radius 2 is 1.81 bits per heavy atom. The van der Waals surface area contributed by atoms with E-state index in [0.717, 1.165) is 85.4 Å². The fourth-order valence-electron chi connectivity index (χ4n) is 4.99. The summed E-state index contributed by atoms with van der Waals surface area (Å²) in [6.07, 6.45) is 8.14. The van der Waals surface area contributed by atoms with Crippen molar-refractivity contribution in [2.45, 2.75) is 38.5 Å². The van der Waals surface area contributed by atoms with Crippen LogP contribution in [0.25, 0.3) is 22.0 Å². The highest BCUT2D eigenvalue weighted by atomic mass is 16.3. The maximum atomic E-state index is 13.1. The topological polar surface area (TPSA) is 110 Å². The minimum atomic E-state index is -0.278. The molecule has 0 atom stereocenters. The van der Waals surface area contributed by atoms with Gasteiger partial charge in [0.05, 0.1) is 29.2 Å². The molecule has 4 aromatic rings. The summed E-state index contributed by atoms with van der Waals surface area (Å²) < 4.78 is 0. The largest absolute Gasteiger partial charge is 0.393 e. The number of anilines is 1. The maximum absolute atomic E-state index is 13.1. The third kappa shape index (κ3) is 5.39. The number of nitrogens with one attached hydrogen (secondary N) is 2. The van der Waals surface area contributed by atoms with Crippen LogP contribution in [0.15, 0.2) is 55.0 Å². The number of aromatic nitrogens is 4. The van der Waals surface area contributed by atoms with Crippen LogP contribution >= 0.6 is 0 Å². The quantitative estimate of drug-likeness (QED) is 0.359. The van der Waals surface area contributed by atoms with Crippen LogP contribution in [0.4, 0.5) is 5.69 Å². The van der Waals surface area contributed by atoms with Gasteiger partial charge in [0.25, 0.3) is 5.91 Å². The molecule has 3 aromatic heterocycles. The third-order valence-corrected chi connectivity index (χ3v) is 7.29. The summed E-state index contributed by atoms with van der Waals surface area (Å²) in [4.78, 5) is 26.7. The number of pyridine rings is 2. The molecule has 3 N–H and O–H groups in total. The van der Waals surface area contributed by atoms with Crippen LogP contribution in [-0.4, -0.2) is 73.3 Å². The summed E-state index contributed by atoms with van der Waals surface area (Å²) in [6, 6.07) is 11.9. The van der Waals surface area contributed by atoms with Crippen molar-refractivity contribution in [3.05, 3.63) is 71.9 Å². The van der Waals surface area contributed by atoms with Crippen molar-refractivity contribution in [1.82, 2.24) is 30.0 Å². The minimum absolute atomic E-state index is 0.181. The second-order valence-corrected chi connectivity index (χ2v) is 10.0. The number of benzene rings is 1. The number of piperidine rings is 1. The molecule has 2 saturated heterocycles. The van der Waals surface area contributed by atoms with Gasteiger partial charge in [-0.1, -0.05) is 6.07 Å². The Balaban J connectivity index is 1.17. The number of aliphatic hydroxyl groups is 1. The van der Waals surface area contributed by atoms with Crippen molar-refractivity contribution in [2.24, 2.45) is 0 Å². The highest BCUT2D eigenvalue weighted by Crippen LogP contribution is 2.27. The number of hydrogen-bond acceptors (Lipinski definition) is 7. The number of fused-ring (bicyclic) bond motifs is 1. The lowest BCUT2D eigenvalue weighted by atomic mass is 10.0. The fourth-order valence-corrected chi connectivity index (χ4v) is 4.99. The molecule has 0 spiro atoms. The van der Waals surface area contributed by atoms with Crippen molar-refractivity contribution in [3.8, 4) is 11.1 Å². The van der Waals surface area contributed by atoms with Gasteiger partial charge >= 0.3 is 0 Å². The van der Waals surface area contributed by atoms with Crippen LogP contribution in [0.2, 0.25) is 0 Å². The number of amides is 1. The summed E-state index contributed by atoms with van der Waals surface area (Å²) in [5.74, 6) is -0.278. The van der Waals surface area contributed by atoms with Crippen molar-refractivity contribution in [2.75, 3.05) is 31.5 Å². The lowest BCUT2D eigenvalue weighted by Crippen LogP contribution is -2.36. The standard InChI is InChI=1S/C28H31N7O2/c36-24-6-10-35(11-7-24)17-19-12-21(15-29-14-19)20-2-5-26-25(13-20)27(33-32-26)28(37)31-22-3-4-23(30-16-22)18-34-8-1-9-34/h2-5,12-16,24,36H,1,6-11,17-18H2,(H,31,37)(H,32,33). The first-order chi connectivity index (χ1) is 18.1. The first-order valence-electron chi connectivity index (χ1n) is 12.9. The molecular formula is C28H31N7O2. The van der Waals surface area contributed by atoms with E-state index in [2.05, 4.69) is 41.3 Å². The number of carbonyl (C=O) groups is 1. The van der Waals surface area contributed by atoms with Crippen molar-refractivity contribution in [1.29, 1.82) is 0 Å². The molecule has 5 heterocycles. The monoisotopic (exact) mass is 497 g/mol. The molecule has 0 unspecified atom stereocenters. The molecule has 0 saturated carbocycles. The van der Waals surface area contributed by atoms with E-state index in [0.29, 0.717) is 11.4 Å². The van der Waals surface area contributed by atoms with Gasteiger partial charge in [-0.2, -0.15) is 5.10 Å². The van der Waals surface area contributed by atoms with Crippen molar-refractivity contribution >= 4 is 22.5 Å². The zero-order valence-corrected chi connectivity index (χ0v) is 20.7. The number of aliphatic hydroxyl groups excluding tert-OH is 1. The van der Waals surface area contributed by atoms with Crippen molar-refractivity contribution in [3.63, 3.8) is 0 Å². The van der Waals surface area contributed by atoms with Gasteiger partial charge in [-0.05, 0) is 73.8 Å². The number of rotatable bonds is 7. The SMILES string of the molecule is O=C(Nc1ccc(CN2CCC2)nc1)c1n[nH]c2ccc(-c3cncc(CN4CCC(O)CC4)c3)cc12. The van der Waals surface area contributed by atoms with E-state index in [9.17, 15) is 9.90 Å².